The number of benzene rings is 2. The molecule has 1 heterocycles. The first-order chi connectivity index (χ1) is 10.6. The highest BCUT2D eigenvalue weighted by Gasteiger charge is 2.32. The summed E-state index contributed by atoms with van der Waals surface area (Å²) in [5, 5.41) is 0.960. The monoisotopic (exact) mass is 330 g/mol. The van der Waals surface area contributed by atoms with E-state index in [1.165, 1.54) is 0 Å². The molecule has 0 aliphatic carbocycles. The number of para-hydroxylation sites is 1. The van der Waals surface area contributed by atoms with Crippen LogP contribution in [0.3, 0.4) is 0 Å². The number of hydrogen-bond acceptors (Lipinski definition) is 2. The van der Waals surface area contributed by atoms with Crippen LogP contribution in [-0.4, -0.2) is 18.2 Å². The number of amides is 1. The first-order valence-electron chi connectivity index (χ1n) is 6.67. The Balaban J connectivity index is 2.12. The zero-order valence-electron chi connectivity index (χ0n) is 11.6. The average Bonchev–Trinajstić information content (AvgIpc) is 2.73. The van der Waals surface area contributed by atoms with Gasteiger partial charge in [0.1, 0.15) is 5.71 Å². The highest BCUT2D eigenvalue weighted by Crippen LogP contribution is 2.32. The van der Waals surface area contributed by atoms with Crippen LogP contribution in [0.2, 0.25) is 10.0 Å². The smallest absolute Gasteiger partial charge is 0.277 e. The van der Waals surface area contributed by atoms with Crippen LogP contribution in [0.5, 0.6) is 0 Å². The lowest BCUT2D eigenvalue weighted by atomic mass is 10.1. The molecule has 1 amide bonds. The summed E-state index contributed by atoms with van der Waals surface area (Å²) in [6, 6.07) is 12.5. The highest BCUT2D eigenvalue weighted by molar-refractivity contribution is 6.54. The molecule has 0 saturated heterocycles. The second-order valence-corrected chi connectivity index (χ2v) is 5.68. The Bertz CT molecular complexity index is 779. The molecule has 0 radical (unpaired) electrons. The molecule has 2 aromatic rings. The molecule has 1 aliphatic heterocycles. The van der Waals surface area contributed by atoms with E-state index in [0.29, 0.717) is 28.0 Å². The van der Waals surface area contributed by atoms with Gasteiger partial charge in [-0.05, 0) is 24.3 Å². The molecule has 2 aromatic carbocycles. The third kappa shape index (κ3) is 2.65. The molecular weight excluding hydrogens is 319 g/mol. The number of carbonyl (C=O) groups excluding carboxylic acids is 1. The standard InChI is InChI=1S/C17H12Cl2N2O/c1-2-7-21-15-6-4-3-5-14(15)16(17(21)22)20-13-9-11(18)8-12(19)10-13/h2-6,8-10H,1,7H2. The minimum atomic E-state index is -0.155. The maximum Gasteiger partial charge on any atom is 0.277 e. The summed E-state index contributed by atoms with van der Waals surface area (Å²) < 4.78 is 0. The lowest BCUT2D eigenvalue weighted by Crippen LogP contribution is -2.30. The summed E-state index contributed by atoms with van der Waals surface area (Å²) in [4.78, 5) is 18.7. The number of halogens is 2. The number of aliphatic imine (C=N–C) groups is 1. The zero-order chi connectivity index (χ0) is 15.7. The van der Waals surface area contributed by atoms with Gasteiger partial charge >= 0.3 is 0 Å². The number of nitrogens with zero attached hydrogens (tertiary/aromatic N) is 2. The van der Waals surface area contributed by atoms with E-state index in [1.54, 1.807) is 29.2 Å². The van der Waals surface area contributed by atoms with Crippen molar-refractivity contribution in [1.82, 2.24) is 0 Å². The quantitative estimate of drug-likeness (QED) is 0.754. The van der Waals surface area contributed by atoms with E-state index in [0.717, 1.165) is 11.3 Å². The van der Waals surface area contributed by atoms with Crippen molar-refractivity contribution in [3.63, 3.8) is 0 Å². The lowest BCUT2D eigenvalue weighted by molar-refractivity contribution is -0.112. The van der Waals surface area contributed by atoms with Gasteiger partial charge in [0, 0.05) is 22.2 Å². The molecule has 0 aromatic heterocycles. The molecule has 0 spiro atoms. The summed E-state index contributed by atoms with van der Waals surface area (Å²) in [7, 11) is 0. The molecule has 5 heteroatoms. The number of carbonyl (C=O) groups is 1. The number of fused-ring (bicyclic) bond motifs is 1. The predicted molar refractivity (Wildman–Crippen MR) is 91.7 cm³/mol. The van der Waals surface area contributed by atoms with Gasteiger partial charge in [0.05, 0.1) is 11.4 Å². The van der Waals surface area contributed by atoms with Crippen LogP contribution >= 0.6 is 23.2 Å². The maximum atomic E-state index is 12.6. The zero-order valence-corrected chi connectivity index (χ0v) is 13.1. The second-order valence-electron chi connectivity index (χ2n) is 4.81. The van der Waals surface area contributed by atoms with Gasteiger partial charge < -0.3 is 4.90 Å². The van der Waals surface area contributed by atoms with E-state index in [4.69, 9.17) is 23.2 Å². The molecule has 3 rings (SSSR count). The molecule has 0 N–H and O–H groups in total. The SMILES string of the molecule is C=CCN1C(=O)C(=Nc2cc(Cl)cc(Cl)c2)c2ccccc21. The summed E-state index contributed by atoms with van der Waals surface area (Å²) in [6.07, 6.45) is 1.69. The highest BCUT2D eigenvalue weighted by atomic mass is 35.5. The predicted octanol–water partition coefficient (Wildman–Crippen LogP) is 4.65. The number of anilines is 1. The van der Waals surface area contributed by atoms with Crippen molar-refractivity contribution in [2.45, 2.75) is 0 Å². The minimum absolute atomic E-state index is 0.155. The molecule has 0 bridgehead atoms. The Morgan fingerprint density at radius 1 is 1.14 bits per heavy atom. The van der Waals surface area contributed by atoms with Crippen LogP contribution in [-0.2, 0) is 4.79 Å². The van der Waals surface area contributed by atoms with Gasteiger partial charge in [-0.1, -0.05) is 47.5 Å². The maximum absolute atomic E-state index is 12.6. The summed E-state index contributed by atoms with van der Waals surface area (Å²) in [5.74, 6) is -0.155. The van der Waals surface area contributed by atoms with Gasteiger partial charge in [-0.15, -0.1) is 6.58 Å². The minimum Gasteiger partial charge on any atom is -0.303 e. The van der Waals surface area contributed by atoms with Gasteiger partial charge in [-0.25, -0.2) is 4.99 Å². The van der Waals surface area contributed by atoms with E-state index >= 15 is 0 Å². The Labute approximate surface area is 138 Å². The van der Waals surface area contributed by atoms with Crippen molar-refractivity contribution in [3.05, 3.63) is 70.7 Å². The number of rotatable bonds is 3. The van der Waals surface area contributed by atoms with Crippen molar-refractivity contribution in [3.8, 4) is 0 Å². The molecule has 110 valence electrons. The van der Waals surface area contributed by atoms with Crippen LogP contribution < -0.4 is 4.90 Å². The van der Waals surface area contributed by atoms with Crippen molar-refractivity contribution in [2.75, 3.05) is 11.4 Å². The lowest BCUT2D eigenvalue weighted by Gasteiger charge is -2.13. The fourth-order valence-corrected chi connectivity index (χ4v) is 2.93. The Hall–Kier alpha value is -2.10. The number of hydrogen-bond donors (Lipinski definition) is 0. The topological polar surface area (TPSA) is 32.7 Å². The summed E-state index contributed by atoms with van der Waals surface area (Å²) in [6.45, 7) is 4.13. The van der Waals surface area contributed by atoms with E-state index in [2.05, 4.69) is 11.6 Å². The van der Waals surface area contributed by atoms with E-state index in [-0.39, 0.29) is 5.91 Å². The van der Waals surface area contributed by atoms with Gasteiger partial charge in [-0.2, -0.15) is 0 Å². The second kappa shape index (κ2) is 5.95. The van der Waals surface area contributed by atoms with Gasteiger partial charge in [-0.3, -0.25) is 4.79 Å². The van der Waals surface area contributed by atoms with Crippen molar-refractivity contribution < 1.29 is 4.79 Å². The molecule has 0 unspecified atom stereocenters. The first kappa shape index (κ1) is 14.8. The fraction of sp³-hybridized carbons (Fsp3) is 0.0588. The van der Waals surface area contributed by atoms with Crippen LogP contribution in [0.1, 0.15) is 5.56 Å². The Morgan fingerprint density at radius 2 is 1.82 bits per heavy atom. The van der Waals surface area contributed by atoms with Gasteiger partial charge in [0.15, 0.2) is 0 Å². The average molecular weight is 331 g/mol. The summed E-state index contributed by atoms with van der Waals surface area (Å²) >= 11 is 12.0. The molecule has 3 nitrogen and oxygen atoms in total. The molecular formula is C17H12Cl2N2O. The van der Waals surface area contributed by atoms with Crippen LogP contribution in [0, 0.1) is 0 Å². The van der Waals surface area contributed by atoms with Crippen LogP contribution in [0.15, 0.2) is 60.1 Å². The van der Waals surface area contributed by atoms with E-state index in [1.807, 2.05) is 24.3 Å². The van der Waals surface area contributed by atoms with E-state index in [9.17, 15) is 4.79 Å². The Morgan fingerprint density at radius 3 is 2.50 bits per heavy atom. The first-order valence-corrected chi connectivity index (χ1v) is 7.42. The Kier molecular flexibility index (Phi) is 4.01. The molecule has 0 atom stereocenters. The van der Waals surface area contributed by atoms with Crippen molar-refractivity contribution >= 4 is 46.2 Å². The molecule has 0 fully saturated rings. The van der Waals surface area contributed by atoms with Crippen molar-refractivity contribution in [1.29, 1.82) is 0 Å². The third-order valence-electron chi connectivity index (χ3n) is 3.30. The van der Waals surface area contributed by atoms with E-state index < -0.39 is 0 Å². The van der Waals surface area contributed by atoms with Crippen LogP contribution in [0.25, 0.3) is 0 Å². The van der Waals surface area contributed by atoms with Crippen molar-refractivity contribution in [2.24, 2.45) is 4.99 Å². The molecule has 22 heavy (non-hydrogen) atoms. The molecule has 1 aliphatic rings. The third-order valence-corrected chi connectivity index (χ3v) is 3.73. The van der Waals surface area contributed by atoms with Gasteiger partial charge in [0.25, 0.3) is 5.91 Å². The summed E-state index contributed by atoms with van der Waals surface area (Å²) in [5.41, 5.74) is 2.57. The van der Waals surface area contributed by atoms with Gasteiger partial charge in [0.2, 0.25) is 0 Å². The normalized spacial score (nSPS) is 15.3. The molecule has 0 saturated carbocycles. The largest absolute Gasteiger partial charge is 0.303 e. The van der Waals surface area contributed by atoms with Crippen LogP contribution in [0.4, 0.5) is 11.4 Å². The fourth-order valence-electron chi connectivity index (χ4n) is 2.41.